The van der Waals surface area contributed by atoms with Gasteiger partial charge in [-0.1, -0.05) is 6.07 Å². The first-order valence-electron chi connectivity index (χ1n) is 6.35. The van der Waals surface area contributed by atoms with Crippen LogP contribution in [0.4, 0.5) is 10.1 Å². The summed E-state index contributed by atoms with van der Waals surface area (Å²) in [7, 11) is 1.40. The Morgan fingerprint density at radius 2 is 2.25 bits per heavy atom. The summed E-state index contributed by atoms with van der Waals surface area (Å²) in [6, 6.07) is 8.44. The highest BCUT2D eigenvalue weighted by Crippen LogP contribution is 2.21. The number of amides is 1. The molecule has 1 amide bonds. The highest BCUT2D eigenvalue weighted by atomic mass is 32.1. The minimum absolute atomic E-state index is 0.105. The van der Waals surface area contributed by atoms with Crippen LogP contribution in [-0.2, 0) is 11.2 Å². The summed E-state index contributed by atoms with van der Waals surface area (Å²) >= 11 is 1.69. The van der Waals surface area contributed by atoms with Crippen LogP contribution in [0, 0.1) is 5.82 Å². The molecule has 0 spiro atoms. The molecule has 1 N–H and O–H groups in total. The zero-order valence-electron chi connectivity index (χ0n) is 11.2. The standard InChI is InChI=1S/C15H16FNO2S/c1-19-14-8-7-11(10-13(14)16)17-15(18)6-2-4-12-5-3-9-20-12/h3,5,7-10H,2,4,6H2,1H3,(H,17,18). The summed E-state index contributed by atoms with van der Waals surface area (Å²) < 4.78 is 18.3. The third-order valence-electron chi connectivity index (χ3n) is 2.84. The van der Waals surface area contributed by atoms with Gasteiger partial charge in [0.25, 0.3) is 0 Å². The van der Waals surface area contributed by atoms with Crippen molar-refractivity contribution < 1.29 is 13.9 Å². The van der Waals surface area contributed by atoms with Gasteiger partial charge in [0.2, 0.25) is 5.91 Å². The molecule has 0 aliphatic carbocycles. The van der Waals surface area contributed by atoms with Crippen LogP contribution >= 0.6 is 11.3 Å². The van der Waals surface area contributed by atoms with Crippen LogP contribution in [0.25, 0.3) is 0 Å². The summed E-state index contributed by atoms with van der Waals surface area (Å²) in [4.78, 5) is 13.0. The predicted octanol–water partition coefficient (Wildman–Crippen LogP) is 3.86. The number of benzene rings is 1. The molecule has 0 radical (unpaired) electrons. The first kappa shape index (κ1) is 14.5. The lowest BCUT2D eigenvalue weighted by molar-refractivity contribution is -0.116. The molecule has 0 aliphatic heterocycles. The fraction of sp³-hybridized carbons (Fsp3) is 0.267. The summed E-state index contributed by atoms with van der Waals surface area (Å²) in [5, 5.41) is 4.71. The highest BCUT2D eigenvalue weighted by Gasteiger charge is 2.07. The van der Waals surface area contributed by atoms with E-state index >= 15 is 0 Å². The topological polar surface area (TPSA) is 38.3 Å². The fourth-order valence-corrected chi connectivity index (χ4v) is 2.60. The Balaban J connectivity index is 1.80. The van der Waals surface area contributed by atoms with Gasteiger partial charge in [-0.3, -0.25) is 4.79 Å². The van der Waals surface area contributed by atoms with Gasteiger partial charge in [0, 0.05) is 23.1 Å². The molecule has 0 fully saturated rings. The predicted molar refractivity (Wildman–Crippen MR) is 78.8 cm³/mol. The molecular formula is C15H16FNO2S. The van der Waals surface area contributed by atoms with Crippen LogP contribution in [-0.4, -0.2) is 13.0 Å². The van der Waals surface area contributed by atoms with Crippen LogP contribution in [0.5, 0.6) is 5.75 Å². The van der Waals surface area contributed by atoms with Crippen molar-refractivity contribution in [2.45, 2.75) is 19.3 Å². The van der Waals surface area contributed by atoms with Crippen molar-refractivity contribution in [3.63, 3.8) is 0 Å². The fourth-order valence-electron chi connectivity index (χ4n) is 1.85. The molecule has 1 heterocycles. The van der Waals surface area contributed by atoms with Gasteiger partial charge in [-0.25, -0.2) is 4.39 Å². The zero-order valence-corrected chi connectivity index (χ0v) is 12.0. The second-order valence-corrected chi connectivity index (χ2v) is 5.36. The number of aryl methyl sites for hydroxylation is 1. The molecule has 0 saturated heterocycles. The number of rotatable bonds is 6. The Hall–Kier alpha value is -1.88. The van der Waals surface area contributed by atoms with E-state index < -0.39 is 5.82 Å². The minimum atomic E-state index is -0.483. The van der Waals surface area contributed by atoms with Crippen molar-refractivity contribution in [2.24, 2.45) is 0 Å². The monoisotopic (exact) mass is 293 g/mol. The van der Waals surface area contributed by atoms with Crippen LogP contribution in [0.15, 0.2) is 35.7 Å². The number of anilines is 1. The molecule has 0 unspecified atom stereocenters. The van der Waals surface area contributed by atoms with Gasteiger partial charge in [-0.2, -0.15) is 0 Å². The highest BCUT2D eigenvalue weighted by molar-refractivity contribution is 7.09. The van der Waals surface area contributed by atoms with Gasteiger partial charge < -0.3 is 10.1 Å². The number of hydrogen-bond acceptors (Lipinski definition) is 3. The molecule has 106 valence electrons. The lowest BCUT2D eigenvalue weighted by atomic mass is 10.2. The van der Waals surface area contributed by atoms with Crippen LogP contribution < -0.4 is 10.1 Å². The van der Waals surface area contributed by atoms with Crippen LogP contribution in [0.1, 0.15) is 17.7 Å². The van der Waals surface area contributed by atoms with Gasteiger partial charge in [-0.15, -0.1) is 11.3 Å². The van der Waals surface area contributed by atoms with Crippen LogP contribution in [0.3, 0.4) is 0 Å². The molecule has 0 saturated carbocycles. The Labute approximate surface area is 121 Å². The lowest BCUT2D eigenvalue weighted by Crippen LogP contribution is -2.11. The Kier molecular flexibility index (Phi) is 5.12. The maximum absolute atomic E-state index is 13.5. The molecule has 0 atom stereocenters. The maximum atomic E-state index is 13.5. The number of carbonyl (C=O) groups is 1. The molecule has 20 heavy (non-hydrogen) atoms. The quantitative estimate of drug-likeness (QED) is 0.878. The number of nitrogens with one attached hydrogen (secondary N) is 1. The van der Waals surface area contributed by atoms with E-state index in [-0.39, 0.29) is 11.7 Å². The molecule has 3 nitrogen and oxygen atoms in total. The molecule has 1 aromatic carbocycles. The number of methoxy groups -OCH3 is 1. The number of ether oxygens (including phenoxy) is 1. The summed E-state index contributed by atoms with van der Waals surface area (Å²) in [5.74, 6) is -0.421. The summed E-state index contributed by atoms with van der Waals surface area (Å²) in [6.45, 7) is 0. The number of thiophene rings is 1. The van der Waals surface area contributed by atoms with E-state index in [1.165, 1.54) is 24.1 Å². The van der Waals surface area contributed by atoms with Crippen molar-refractivity contribution in [3.05, 3.63) is 46.4 Å². The van der Waals surface area contributed by atoms with Crippen molar-refractivity contribution in [1.82, 2.24) is 0 Å². The van der Waals surface area contributed by atoms with Crippen molar-refractivity contribution in [1.29, 1.82) is 0 Å². The second kappa shape index (κ2) is 7.05. The van der Waals surface area contributed by atoms with Crippen molar-refractivity contribution in [3.8, 4) is 5.75 Å². The van der Waals surface area contributed by atoms with E-state index in [2.05, 4.69) is 11.4 Å². The normalized spacial score (nSPS) is 10.3. The van der Waals surface area contributed by atoms with E-state index in [4.69, 9.17) is 4.74 Å². The molecule has 0 bridgehead atoms. The molecule has 2 rings (SSSR count). The SMILES string of the molecule is COc1ccc(NC(=O)CCCc2cccs2)cc1F. The van der Waals surface area contributed by atoms with Gasteiger partial charge in [0.1, 0.15) is 0 Å². The zero-order chi connectivity index (χ0) is 14.4. The lowest BCUT2D eigenvalue weighted by Gasteiger charge is -2.07. The Morgan fingerprint density at radius 1 is 1.40 bits per heavy atom. The average Bonchev–Trinajstić information content (AvgIpc) is 2.92. The van der Waals surface area contributed by atoms with E-state index in [0.717, 1.165) is 12.8 Å². The molecule has 1 aromatic heterocycles. The summed E-state index contributed by atoms with van der Waals surface area (Å²) in [6.07, 6.45) is 2.10. The van der Waals surface area contributed by atoms with Crippen molar-refractivity contribution >= 4 is 22.9 Å². The average molecular weight is 293 g/mol. The first-order valence-corrected chi connectivity index (χ1v) is 7.23. The minimum Gasteiger partial charge on any atom is -0.494 e. The third kappa shape index (κ3) is 4.06. The maximum Gasteiger partial charge on any atom is 0.224 e. The number of halogens is 1. The first-order chi connectivity index (χ1) is 9.69. The molecule has 2 aromatic rings. The van der Waals surface area contributed by atoms with Crippen molar-refractivity contribution in [2.75, 3.05) is 12.4 Å². The molecular weight excluding hydrogens is 277 g/mol. The van der Waals surface area contributed by atoms with Crippen LogP contribution in [0.2, 0.25) is 0 Å². The van der Waals surface area contributed by atoms with E-state index in [0.29, 0.717) is 12.1 Å². The summed E-state index contributed by atoms with van der Waals surface area (Å²) in [5.41, 5.74) is 0.449. The second-order valence-electron chi connectivity index (χ2n) is 4.33. The van der Waals surface area contributed by atoms with Gasteiger partial charge in [0.15, 0.2) is 11.6 Å². The number of carbonyl (C=O) groups excluding carboxylic acids is 1. The van der Waals surface area contributed by atoms with Gasteiger partial charge in [0.05, 0.1) is 7.11 Å². The third-order valence-corrected chi connectivity index (χ3v) is 3.78. The molecule has 5 heteroatoms. The smallest absolute Gasteiger partial charge is 0.224 e. The van der Waals surface area contributed by atoms with Gasteiger partial charge in [-0.05, 0) is 36.4 Å². The Morgan fingerprint density at radius 3 is 2.90 bits per heavy atom. The number of hydrogen-bond donors (Lipinski definition) is 1. The Bertz CT molecular complexity index is 569. The molecule has 0 aliphatic rings. The largest absolute Gasteiger partial charge is 0.494 e. The van der Waals surface area contributed by atoms with E-state index in [1.54, 1.807) is 17.4 Å². The van der Waals surface area contributed by atoms with Gasteiger partial charge >= 0.3 is 0 Å². The van der Waals surface area contributed by atoms with E-state index in [1.807, 2.05) is 11.4 Å². The van der Waals surface area contributed by atoms with E-state index in [9.17, 15) is 9.18 Å².